The second kappa shape index (κ2) is 6.00. The van der Waals surface area contributed by atoms with Gasteiger partial charge in [-0.1, -0.05) is 19.9 Å². The smallest absolute Gasteiger partial charge is 0.257 e. The summed E-state index contributed by atoms with van der Waals surface area (Å²) < 4.78 is 5.21. The van der Waals surface area contributed by atoms with Gasteiger partial charge in [-0.3, -0.25) is 4.79 Å². The largest absolute Gasteiger partial charge is 0.508 e. The van der Waals surface area contributed by atoms with E-state index in [4.69, 9.17) is 4.74 Å². The molecule has 0 heterocycles. The second-order valence-corrected chi connectivity index (χ2v) is 3.98. The number of nitrogens with one attached hydrogen (secondary N) is 1. The van der Waals surface area contributed by atoms with Gasteiger partial charge < -0.3 is 15.2 Å². The third-order valence-electron chi connectivity index (χ3n) is 1.90. The highest BCUT2D eigenvalue weighted by molar-refractivity contribution is 5.77. The van der Waals surface area contributed by atoms with Gasteiger partial charge in [0.2, 0.25) is 0 Å². The van der Waals surface area contributed by atoms with Crippen LogP contribution in [-0.2, 0) is 4.79 Å². The number of ether oxygens (including phenoxy) is 1. The van der Waals surface area contributed by atoms with Gasteiger partial charge in [-0.25, -0.2) is 0 Å². The number of hydrogen-bond donors (Lipinski definition) is 2. The minimum atomic E-state index is -0.156. The Labute approximate surface area is 95.2 Å². The fourth-order valence-corrected chi connectivity index (χ4v) is 1.09. The molecule has 16 heavy (non-hydrogen) atoms. The van der Waals surface area contributed by atoms with Gasteiger partial charge in [-0.05, 0) is 18.1 Å². The molecule has 1 amide bonds. The third kappa shape index (κ3) is 4.68. The molecule has 0 bridgehead atoms. The summed E-state index contributed by atoms with van der Waals surface area (Å²) in [6.45, 7) is 4.66. The van der Waals surface area contributed by atoms with Crippen molar-refractivity contribution in [1.82, 2.24) is 5.32 Å². The number of carbonyl (C=O) groups is 1. The molecule has 0 aliphatic carbocycles. The van der Waals surface area contributed by atoms with Gasteiger partial charge in [-0.2, -0.15) is 0 Å². The normalized spacial score (nSPS) is 10.2. The lowest BCUT2D eigenvalue weighted by molar-refractivity contribution is -0.123. The van der Waals surface area contributed by atoms with E-state index in [0.29, 0.717) is 18.2 Å². The van der Waals surface area contributed by atoms with Crippen LogP contribution in [0.3, 0.4) is 0 Å². The Balaban J connectivity index is 2.31. The van der Waals surface area contributed by atoms with Crippen LogP contribution in [0.1, 0.15) is 13.8 Å². The monoisotopic (exact) mass is 223 g/mol. The molecule has 2 N–H and O–H groups in total. The zero-order valence-corrected chi connectivity index (χ0v) is 9.56. The van der Waals surface area contributed by atoms with Gasteiger partial charge in [-0.15, -0.1) is 0 Å². The Bertz CT molecular complexity index is 350. The molecule has 0 fully saturated rings. The number of aromatic hydroxyl groups is 1. The molecule has 0 saturated heterocycles. The van der Waals surface area contributed by atoms with Gasteiger partial charge in [0, 0.05) is 12.6 Å². The van der Waals surface area contributed by atoms with E-state index in [0.717, 1.165) is 0 Å². The first-order chi connectivity index (χ1) is 7.58. The van der Waals surface area contributed by atoms with E-state index in [2.05, 4.69) is 5.32 Å². The van der Waals surface area contributed by atoms with E-state index < -0.39 is 0 Å². The summed E-state index contributed by atoms with van der Waals surface area (Å²) in [5, 5.41) is 11.9. The maximum Gasteiger partial charge on any atom is 0.257 e. The van der Waals surface area contributed by atoms with E-state index in [9.17, 15) is 9.90 Å². The summed E-state index contributed by atoms with van der Waals surface area (Å²) in [7, 11) is 0. The summed E-state index contributed by atoms with van der Waals surface area (Å²) in [6, 6.07) is 6.37. The van der Waals surface area contributed by atoms with Crippen molar-refractivity contribution >= 4 is 5.91 Å². The Morgan fingerprint density at radius 3 is 2.88 bits per heavy atom. The summed E-state index contributed by atoms with van der Waals surface area (Å²) in [5.41, 5.74) is 0. The SMILES string of the molecule is CC(C)CNC(=O)COc1cccc(O)c1. The minimum absolute atomic E-state index is 0.0316. The number of phenolic OH excluding ortho intramolecular Hbond substituents is 1. The van der Waals surface area contributed by atoms with Crippen LogP contribution in [0.25, 0.3) is 0 Å². The van der Waals surface area contributed by atoms with E-state index in [1.165, 1.54) is 6.07 Å². The first-order valence-electron chi connectivity index (χ1n) is 5.26. The number of benzene rings is 1. The van der Waals surface area contributed by atoms with Gasteiger partial charge in [0.25, 0.3) is 5.91 Å². The van der Waals surface area contributed by atoms with Crippen LogP contribution >= 0.6 is 0 Å². The number of amides is 1. The van der Waals surface area contributed by atoms with Crippen molar-refractivity contribution in [2.24, 2.45) is 5.92 Å². The molecule has 1 aromatic rings. The Kier molecular flexibility index (Phi) is 4.64. The Hall–Kier alpha value is -1.71. The fraction of sp³-hybridized carbons (Fsp3) is 0.417. The van der Waals surface area contributed by atoms with Crippen LogP contribution in [0.2, 0.25) is 0 Å². The second-order valence-electron chi connectivity index (χ2n) is 3.98. The molecule has 4 heteroatoms. The van der Waals surface area contributed by atoms with E-state index in [-0.39, 0.29) is 18.3 Å². The van der Waals surface area contributed by atoms with Crippen LogP contribution in [0, 0.1) is 5.92 Å². The molecule has 0 atom stereocenters. The van der Waals surface area contributed by atoms with E-state index >= 15 is 0 Å². The van der Waals surface area contributed by atoms with Crippen LogP contribution < -0.4 is 10.1 Å². The Morgan fingerprint density at radius 2 is 2.25 bits per heavy atom. The number of carbonyl (C=O) groups excluding carboxylic acids is 1. The van der Waals surface area contributed by atoms with E-state index in [1.807, 2.05) is 13.8 Å². The molecular formula is C12H17NO3. The molecule has 0 radical (unpaired) electrons. The first kappa shape index (κ1) is 12.4. The Morgan fingerprint density at radius 1 is 1.50 bits per heavy atom. The highest BCUT2D eigenvalue weighted by Crippen LogP contribution is 2.17. The molecule has 4 nitrogen and oxygen atoms in total. The molecule has 0 spiro atoms. The molecule has 0 aromatic heterocycles. The van der Waals surface area contributed by atoms with Crippen LogP contribution in [-0.4, -0.2) is 24.2 Å². The lowest BCUT2D eigenvalue weighted by atomic mass is 10.2. The van der Waals surface area contributed by atoms with Crippen molar-refractivity contribution in [3.05, 3.63) is 24.3 Å². The molecule has 1 aromatic carbocycles. The van der Waals surface area contributed by atoms with Crippen molar-refractivity contribution in [3.8, 4) is 11.5 Å². The molecule has 0 saturated carbocycles. The van der Waals surface area contributed by atoms with Gasteiger partial charge >= 0.3 is 0 Å². The minimum Gasteiger partial charge on any atom is -0.508 e. The predicted molar refractivity (Wildman–Crippen MR) is 61.4 cm³/mol. The third-order valence-corrected chi connectivity index (χ3v) is 1.90. The highest BCUT2D eigenvalue weighted by Gasteiger charge is 2.03. The van der Waals surface area contributed by atoms with Crippen molar-refractivity contribution in [2.75, 3.05) is 13.2 Å². The first-order valence-corrected chi connectivity index (χ1v) is 5.26. The average molecular weight is 223 g/mol. The van der Waals surface area contributed by atoms with Crippen molar-refractivity contribution in [1.29, 1.82) is 0 Å². The molecular weight excluding hydrogens is 206 g/mol. The van der Waals surface area contributed by atoms with Gasteiger partial charge in [0.15, 0.2) is 6.61 Å². The van der Waals surface area contributed by atoms with Crippen LogP contribution in [0.15, 0.2) is 24.3 Å². The fourth-order valence-electron chi connectivity index (χ4n) is 1.09. The quantitative estimate of drug-likeness (QED) is 0.796. The number of rotatable bonds is 5. The summed E-state index contributed by atoms with van der Waals surface area (Å²) in [5.74, 6) is 0.876. The maximum absolute atomic E-state index is 11.3. The molecule has 0 aliphatic heterocycles. The number of hydrogen-bond acceptors (Lipinski definition) is 3. The van der Waals surface area contributed by atoms with Crippen LogP contribution in [0.5, 0.6) is 11.5 Å². The van der Waals surface area contributed by atoms with Gasteiger partial charge in [0.05, 0.1) is 0 Å². The molecule has 1 rings (SSSR count). The summed E-state index contributed by atoms with van der Waals surface area (Å²) in [6.07, 6.45) is 0. The van der Waals surface area contributed by atoms with Crippen molar-refractivity contribution < 1.29 is 14.6 Å². The lowest BCUT2D eigenvalue weighted by Crippen LogP contribution is -2.31. The lowest BCUT2D eigenvalue weighted by Gasteiger charge is -2.09. The van der Waals surface area contributed by atoms with E-state index in [1.54, 1.807) is 18.2 Å². The number of phenols is 1. The highest BCUT2D eigenvalue weighted by atomic mass is 16.5. The van der Waals surface area contributed by atoms with Gasteiger partial charge in [0.1, 0.15) is 11.5 Å². The standard InChI is InChI=1S/C12H17NO3/c1-9(2)7-13-12(15)8-16-11-5-3-4-10(14)6-11/h3-6,9,14H,7-8H2,1-2H3,(H,13,15). The van der Waals surface area contributed by atoms with Crippen LogP contribution in [0.4, 0.5) is 0 Å². The van der Waals surface area contributed by atoms with Crippen molar-refractivity contribution in [3.63, 3.8) is 0 Å². The molecule has 0 aliphatic rings. The zero-order valence-electron chi connectivity index (χ0n) is 9.56. The zero-order chi connectivity index (χ0) is 12.0. The summed E-state index contributed by atoms with van der Waals surface area (Å²) in [4.78, 5) is 11.3. The maximum atomic E-state index is 11.3. The topological polar surface area (TPSA) is 58.6 Å². The summed E-state index contributed by atoms with van der Waals surface area (Å²) >= 11 is 0. The molecule has 0 unspecified atom stereocenters. The predicted octanol–water partition coefficient (Wildman–Crippen LogP) is 1.54. The average Bonchev–Trinajstić information content (AvgIpc) is 2.23. The van der Waals surface area contributed by atoms with Crippen molar-refractivity contribution in [2.45, 2.75) is 13.8 Å². The molecule has 88 valence electrons.